The molecule has 0 rings (SSSR count). The number of carbonyl (C=O) groups is 5. The van der Waals surface area contributed by atoms with E-state index in [2.05, 4.69) is 16.0 Å². The third-order valence-electron chi connectivity index (χ3n) is 3.18. The largest absolute Gasteiger partial charge is 0.480 e. The minimum atomic E-state index is -1.29. The van der Waals surface area contributed by atoms with Crippen molar-refractivity contribution in [1.29, 1.82) is 0 Å². The second kappa shape index (κ2) is 12.1. The maximum absolute atomic E-state index is 12.1. The van der Waals surface area contributed by atoms with Gasteiger partial charge in [0.25, 0.3) is 0 Å². The first kappa shape index (κ1) is 23.7. The van der Waals surface area contributed by atoms with Crippen molar-refractivity contribution in [1.82, 2.24) is 16.0 Å². The van der Waals surface area contributed by atoms with Crippen LogP contribution in [0.25, 0.3) is 0 Å². The average Bonchev–Trinajstić information content (AvgIpc) is 2.56. The lowest BCUT2D eigenvalue weighted by atomic mass is 10.1. The summed E-state index contributed by atoms with van der Waals surface area (Å²) in [6.45, 7) is 0.730. The van der Waals surface area contributed by atoms with Crippen LogP contribution in [0.1, 0.15) is 19.8 Å². The molecule has 0 aliphatic heterocycles. The van der Waals surface area contributed by atoms with E-state index in [1.807, 2.05) is 6.26 Å². The Morgan fingerprint density at radius 1 is 1.12 bits per heavy atom. The molecule has 3 atom stereocenters. The second-order valence-electron chi connectivity index (χ2n) is 5.46. The number of nitrogens with one attached hydrogen (secondary N) is 3. The molecule has 0 saturated heterocycles. The van der Waals surface area contributed by atoms with E-state index in [9.17, 15) is 24.0 Å². The summed E-state index contributed by atoms with van der Waals surface area (Å²) in [4.78, 5) is 57.4. The van der Waals surface area contributed by atoms with Crippen molar-refractivity contribution in [2.75, 3.05) is 18.6 Å². The van der Waals surface area contributed by atoms with Crippen molar-refractivity contribution >= 4 is 41.4 Å². The second-order valence-corrected chi connectivity index (χ2v) is 6.45. The number of amides is 4. The van der Waals surface area contributed by atoms with Crippen LogP contribution in [-0.4, -0.2) is 71.4 Å². The van der Waals surface area contributed by atoms with E-state index in [4.69, 9.17) is 16.6 Å². The Labute approximate surface area is 155 Å². The predicted octanol–water partition coefficient (Wildman–Crippen LogP) is -2.87. The van der Waals surface area contributed by atoms with Gasteiger partial charge in [0.05, 0.1) is 19.0 Å². The van der Waals surface area contributed by atoms with E-state index >= 15 is 0 Å². The molecule has 0 saturated carbocycles. The fourth-order valence-electron chi connectivity index (χ4n) is 1.71. The number of aliphatic carboxylic acids is 1. The van der Waals surface area contributed by atoms with Gasteiger partial charge in [0.15, 0.2) is 0 Å². The predicted molar refractivity (Wildman–Crippen MR) is 95.0 cm³/mol. The van der Waals surface area contributed by atoms with E-state index in [1.54, 1.807) is 0 Å². The molecule has 0 aromatic heterocycles. The number of carboxylic acids is 1. The van der Waals surface area contributed by atoms with E-state index in [1.165, 1.54) is 18.7 Å². The van der Waals surface area contributed by atoms with Gasteiger partial charge < -0.3 is 32.5 Å². The summed E-state index contributed by atoms with van der Waals surface area (Å²) >= 11 is 1.50. The molecule has 11 nitrogen and oxygen atoms in total. The van der Waals surface area contributed by atoms with Crippen molar-refractivity contribution in [2.45, 2.75) is 37.9 Å². The van der Waals surface area contributed by atoms with Crippen LogP contribution in [0.3, 0.4) is 0 Å². The summed E-state index contributed by atoms with van der Waals surface area (Å²) < 4.78 is 0. The van der Waals surface area contributed by atoms with E-state index in [0.717, 1.165) is 0 Å². The number of nitrogens with two attached hydrogens (primary N) is 2. The Bertz CT molecular complexity index is 544. The Kier molecular flexibility index (Phi) is 11.0. The molecule has 0 aromatic rings. The molecule has 3 unspecified atom stereocenters. The molecule has 0 bridgehead atoms. The maximum Gasteiger partial charge on any atom is 0.325 e. The molecule has 0 aromatic carbocycles. The molecule has 4 amide bonds. The standard InChI is InChI=1S/C14H25N5O6S/c1-7(14(24)25)18-11(21)6-17-13(23)9(5-10(16)20)19-12(22)8(15)3-4-26-2/h7-9H,3-6,15H2,1-2H3,(H2,16,20)(H,17,23)(H,18,21)(H,19,22)(H,24,25). The van der Waals surface area contributed by atoms with E-state index in [-0.39, 0.29) is 0 Å². The van der Waals surface area contributed by atoms with Gasteiger partial charge in [-0.15, -0.1) is 0 Å². The highest BCUT2D eigenvalue weighted by Gasteiger charge is 2.26. The number of carbonyl (C=O) groups excluding carboxylic acids is 4. The van der Waals surface area contributed by atoms with E-state index in [0.29, 0.717) is 12.2 Å². The van der Waals surface area contributed by atoms with Gasteiger partial charge in [0.1, 0.15) is 12.1 Å². The number of hydrogen-bond donors (Lipinski definition) is 6. The zero-order valence-corrected chi connectivity index (χ0v) is 15.4. The highest BCUT2D eigenvalue weighted by Crippen LogP contribution is 2.00. The van der Waals surface area contributed by atoms with Gasteiger partial charge in [-0.25, -0.2) is 0 Å². The Hall–Kier alpha value is -2.34. The normalized spacial score (nSPS) is 13.8. The van der Waals surface area contributed by atoms with Crippen molar-refractivity contribution < 1.29 is 29.1 Å². The van der Waals surface area contributed by atoms with Gasteiger partial charge in [-0.2, -0.15) is 11.8 Å². The lowest BCUT2D eigenvalue weighted by Crippen LogP contribution is -2.54. The van der Waals surface area contributed by atoms with Crippen LogP contribution in [0.2, 0.25) is 0 Å². The molecule has 0 fully saturated rings. The smallest absolute Gasteiger partial charge is 0.325 e. The summed E-state index contributed by atoms with van der Waals surface area (Å²) in [5.41, 5.74) is 10.8. The average molecular weight is 391 g/mol. The molecular formula is C14H25N5O6S. The summed E-state index contributed by atoms with van der Waals surface area (Å²) in [6, 6.07) is -3.27. The zero-order valence-electron chi connectivity index (χ0n) is 14.6. The number of carboxylic acid groups (broad SMARTS) is 1. The monoisotopic (exact) mass is 391 g/mol. The van der Waals surface area contributed by atoms with Gasteiger partial charge in [0, 0.05) is 0 Å². The Morgan fingerprint density at radius 2 is 1.73 bits per heavy atom. The van der Waals surface area contributed by atoms with Crippen LogP contribution in [0.4, 0.5) is 0 Å². The minimum Gasteiger partial charge on any atom is -0.480 e. The minimum absolute atomic E-state index is 0.382. The summed E-state index contributed by atoms with van der Waals surface area (Å²) in [5.74, 6) is -3.59. The quantitative estimate of drug-likeness (QED) is 0.204. The molecule has 0 radical (unpaired) electrons. The van der Waals surface area contributed by atoms with Crippen molar-refractivity contribution in [3.63, 3.8) is 0 Å². The SMILES string of the molecule is CSCCC(N)C(=O)NC(CC(N)=O)C(=O)NCC(=O)NC(C)C(=O)O. The maximum atomic E-state index is 12.1. The Balaban J connectivity index is 4.68. The van der Waals surface area contributed by atoms with Crippen LogP contribution in [0, 0.1) is 0 Å². The summed E-state index contributed by atoms with van der Waals surface area (Å²) in [5, 5.41) is 15.4. The van der Waals surface area contributed by atoms with Crippen LogP contribution in [0.5, 0.6) is 0 Å². The molecule has 0 spiro atoms. The lowest BCUT2D eigenvalue weighted by Gasteiger charge is -2.19. The first-order chi connectivity index (χ1) is 12.1. The van der Waals surface area contributed by atoms with Crippen molar-refractivity contribution in [2.24, 2.45) is 11.5 Å². The number of thioether (sulfide) groups is 1. The van der Waals surface area contributed by atoms with Gasteiger partial charge >= 0.3 is 5.97 Å². The molecule has 148 valence electrons. The molecule has 26 heavy (non-hydrogen) atoms. The molecule has 12 heteroatoms. The Morgan fingerprint density at radius 3 is 2.23 bits per heavy atom. The fraction of sp³-hybridized carbons (Fsp3) is 0.643. The first-order valence-corrected chi connectivity index (χ1v) is 9.10. The first-order valence-electron chi connectivity index (χ1n) is 7.71. The topological polar surface area (TPSA) is 194 Å². The molecule has 0 aliphatic carbocycles. The zero-order chi connectivity index (χ0) is 20.3. The molecule has 0 heterocycles. The van der Waals surface area contributed by atoms with Crippen LogP contribution in [-0.2, 0) is 24.0 Å². The van der Waals surface area contributed by atoms with Crippen molar-refractivity contribution in [3.05, 3.63) is 0 Å². The molecule has 8 N–H and O–H groups in total. The number of hydrogen-bond acceptors (Lipinski definition) is 7. The summed E-state index contributed by atoms with van der Waals surface area (Å²) in [7, 11) is 0. The van der Waals surface area contributed by atoms with Gasteiger partial charge in [-0.1, -0.05) is 0 Å². The van der Waals surface area contributed by atoms with Crippen LogP contribution in [0.15, 0.2) is 0 Å². The van der Waals surface area contributed by atoms with E-state index < -0.39 is 60.7 Å². The van der Waals surface area contributed by atoms with Gasteiger partial charge in [-0.3, -0.25) is 24.0 Å². The van der Waals surface area contributed by atoms with Crippen LogP contribution >= 0.6 is 11.8 Å². The van der Waals surface area contributed by atoms with Gasteiger partial charge in [-0.05, 0) is 25.4 Å². The lowest BCUT2D eigenvalue weighted by molar-refractivity contribution is -0.141. The number of primary amides is 1. The molecular weight excluding hydrogens is 366 g/mol. The van der Waals surface area contributed by atoms with Gasteiger partial charge in [0.2, 0.25) is 23.6 Å². The fourth-order valence-corrected chi connectivity index (χ4v) is 2.20. The highest BCUT2D eigenvalue weighted by atomic mass is 32.2. The molecule has 0 aliphatic rings. The third-order valence-corrected chi connectivity index (χ3v) is 3.82. The third kappa shape index (κ3) is 9.84. The highest BCUT2D eigenvalue weighted by molar-refractivity contribution is 7.98. The summed E-state index contributed by atoms with van der Waals surface area (Å²) in [6.07, 6.45) is 1.76. The van der Waals surface area contributed by atoms with Crippen molar-refractivity contribution in [3.8, 4) is 0 Å². The number of rotatable bonds is 12. The van der Waals surface area contributed by atoms with Crippen LogP contribution < -0.4 is 27.4 Å².